The second kappa shape index (κ2) is 7.04. The molecule has 2 unspecified atom stereocenters. The van der Waals surface area contributed by atoms with Crippen molar-refractivity contribution in [1.29, 1.82) is 0 Å². The summed E-state index contributed by atoms with van der Waals surface area (Å²) in [4.78, 5) is 27.8. The van der Waals surface area contributed by atoms with Crippen LogP contribution in [0.2, 0.25) is 0 Å². The predicted octanol–water partition coefficient (Wildman–Crippen LogP) is -0.179. The first-order chi connectivity index (χ1) is 9.61. The van der Waals surface area contributed by atoms with Gasteiger partial charge in [0.15, 0.2) is 0 Å². The standard InChI is InChI=1S/C14H25N3O3/c1-20-10-13(18)16-5-7-17(8-6-16)14(19)11-3-2-4-12(15)9-11/h11-12H,2-10,15H2,1H3. The third kappa shape index (κ3) is 3.70. The molecule has 2 N–H and O–H groups in total. The van der Waals surface area contributed by atoms with Crippen molar-refractivity contribution >= 4 is 11.8 Å². The third-order valence-corrected chi connectivity index (χ3v) is 4.28. The molecule has 2 amide bonds. The largest absolute Gasteiger partial charge is 0.375 e. The summed E-state index contributed by atoms with van der Waals surface area (Å²) in [6.07, 6.45) is 3.84. The first-order valence-corrected chi connectivity index (χ1v) is 7.43. The second-order valence-corrected chi connectivity index (χ2v) is 5.76. The average molecular weight is 283 g/mol. The Kier molecular flexibility index (Phi) is 5.37. The fourth-order valence-electron chi connectivity index (χ4n) is 3.10. The summed E-state index contributed by atoms with van der Waals surface area (Å²) >= 11 is 0. The molecule has 0 aromatic heterocycles. The number of nitrogens with two attached hydrogens (primary N) is 1. The van der Waals surface area contributed by atoms with Crippen LogP contribution in [0.15, 0.2) is 0 Å². The molecule has 2 rings (SSSR count). The van der Waals surface area contributed by atoms with Gasteiger partial charge in [-0.1, -0.05) is 6.42 Å². The zero-order valence-electron chi connectivity index (χ0n) is 12.2. The molecule has 1 aliphatic heterocycles. The molecule has 6 nitrogen and oxygen atoms in total. The Morgan fingerprint density at radius 1 is 1.15 bits per heavy atom. The lowest BCUT2D eigenvalue weighted by Gasteiger charge is -2.37. The highest BCUT2D eigenvalue weighted by Gasteiger charge is 2.31. The van der Waals surface area contributed by atoms with Gasteiger partial charge >= 0.3 is 0 Å². The fraction of sp³-hybridized carbons (Fsp3) is 0.857. The van der Waals surface area contributed by atoms with Crippen LogP contribution in [0.3, 0.4) is 0 Å². The van der Waals surface area contributed by atoms with Crippen LogP contribution in [-0.4, -0.2) is 67.6 Å². The van der Waals surface area contributed by atoms with Gasteiger partial charge in [0.05, 0.1) is 0 Å². The van der Waals surface area contributed by atoms with Gasteiger partial charge in [-0.25, -0.2) is 0 Å². The number of hydrogen-bond donors (Lipinski definition) is 1. The Morgan fingerprint density at radius 3 is 2.40 bits per heavy atom. The van der Waals surface area contributed by atoms with Crippen LogP contribution in [0.5, 0.6) is 0 Å². The highest BCUT2D eigenvalue weighted by Crippen LogP contribution is 2.25. The minimum absolute atomic E-state index is 0.000660. The van der Waals surface area contributed by atoms with Gasteiger partial charge in [-0.05, 0) is 19.3 Å². The van der Waals surface area contributed by atoms with Gasteiger partial charge in [0.2, 0.25) is 11.8 Å². The molecule has 1 heterocycles. The Morgan fingerprint density at radius 2 is 1.80 bits per heavy atom. The van der Waals surface area contributed by atoms with E-state index in [2.05, 4.69) is 0 Å². The summed E-state index contributed by atoms with van der Waals surface area (Å²) in [5, 5.41) is 0. The van der Waals surface area contributed by atoms with Crippen molar-refractivity contribution in [2.45, 2.75) is 31.7 Å². The summed E-state index contributed by atoms with van der Waals surface area (Å²) in [7, 11) is 1.52. The van der Waals surface area contributed by atoms with E-state index in [0.29, 0.717) is 26.2 Å². The van der Waals surface area contributed by atoms with Crippen molar-refractivity contribution in [3.63, 3.8) is 0 Å². The Labute approximate surface area is 120 Å². The molecule has 0 aromatic carbocycles. The van der Waals surface area contributed by atoms with E-state index >= 15 is 0 Å². The van der Waals surface area contributed by atoms with Crippen molar-refractivity contribution in [2.75, 3.05) is 39.9 Å². The van der Waals surface area contributed by atoms with E-state index in [9.17, 15) is 9.59 Å². The van der Waals surface area contributed by atoms with E-state index in [1.165, 1.54) is 7.11 Å². The van der Waals surface area contributed by atoms with Gasteiger partial charge in [0, 0.05) is 45.2 Å². The van der Waals surface area contributed by atoms with Crippen molar-refractivity contribution in [3.8, 4) is 0 Å². The molecule has 0 aromatic rings. The molecule has 1 aliphatic carbocycles. The van der Waals surface area contributed by atoms with Crippen LogP contribution in [-0.2, 0) is 14.3 Å². The van der Waals surface area contributed by atoms with E-state index in [-0.39, 0.29) is 30.4 Å². The van der Waals surface area contributed by atoms with E-state index in [1.807, 2.05) is 4.90 Å². The average Bonchev–Trinajstić information content (AvgIpc) is 2.47. The van der Waals surface area contributed by atoms with E-state index in [0.717, 1.165) is 25.7 Å². The monoisotopic (exact) mass is 283 g/mol. The minimum Gasteiger partial charge on any atom is -0.375 e. The number of carbonyl (C=O) groups excluding carboxylic acids is 2. The van der Waals surface area contributed by atoms with Crippen molar-refractivity contribution in [3.05, 3.63) is 0 Å². The molecule has 2 fully saturated rings. The highest BCUT2D eigenvalue weighted by atomic mass is 16.5. The molecular formula is C14H25N3O3. The predicted molar refractivity (Wildman–Crippen MR) is 75.0 cm³/mol. The lowest BCUT2D eigenvalue weighted by molar-refractivity contribution is -0.144. The number of hydrogen-bond acceptors (Lipinski definition) is 4. The summed E-state index contributed by atoms with van der Waals surface area (Å²) in [6.45, 7) is 2.57. The van der Waals surface area contributed by atoms with Crippen LogP contribution >= 0.6 is 0 Å². The van der Waals surface area contributed by atoms with Gasteiger partial charge in [0.25, 0.3) is 0 Å². The topological polar surface area (TPSA) is 75.9 Å². The van der Waals surface area contributed by atoms with Crippen molar-refractivity contribution < 1.29 is 14.3 Å². The maximum Gasteiger partial charge on any atom is 0.248 e. The first kappa shape index (κ1) is 15.3. The van der Waals surface area contributed by atoms with Gasteiger partial charge in [-0.3, -0.25) is 9.59 Å². The second-order valence-electron chi connectivity index (χ2n) is 5.76. The lowest BCUT2D eigenvalue weighted by Crippen LogP contribution is -2.53. The Balaban J connectivity index is 1.81. The normalized spacial score (nSPS) is 27.5. The molecule has 2 aliphatic rings. The van der Waals surface area contributed by atoms with Gasteiger partial charge in [-0.2, -0.15) is 0 Å². The van der Waals surface area contributed by atoms with Crippen LogP contribution in [0.25, 0.3) is 0 Å². The molecule has 1 saturated carbocycles. The number of ether oxygens (including phenoxy) is 1. The van der Waals surface area contributed by atoms with Crippen molar-refractivity contribution in [2.24, 2.45) is 11.7 Å². The lowest BCUT2D eigenvalue weighted by atomic mass is 9.85. The van der Waals surface area contributed by atoms with Crippen LogP contribution in [0, 0.1) is 5.92 Å². The van der Waals surface area contributed by atoms with Gasteiger partial charge in [0.1, 0.15) is 6.61 Å². The Hall–Kier alpha value is -1.14. The molecule has 114 valence electrons. The van der Waals surface area contributed by atoms with Crippen LogP contribution < -0.4 is 5.73 Å². The number of rotatable bonds is 3. The number of amides is 2. The van der Waals surface area contributed by atoms with E-state index in [4.69, 9.17) is 10.5 Å². The zero-order chi connectivity index (χ0) is 14.5. The first-order valence-electron chi connectivity index (χ1n) is 7.43. The summed E-state index contributed by atoms with van der Waals surface area (Å²) in [5.41, 5.74) is 5.95. The number of carbonyl (C=O) groups is 2. The van der Waals surface area contributed by atoms with Crippen LogP contribution in [0.1, 0.15) is 25.7 Å². The molecule has 20 heavy (non-hydrogen) atoms. The highest BCUT2D eigenvalue weighted by molar-refractivity contribution is 5.80. The molecule has 1 saturated heterocycles. The Bertz CT molecular complexity index is 354. The zero-order valence-corrected chi connectivity index (χ0v) is 12.2. The maximum absolute atomic E-state index is 12.4. The third-order valence-electron chi connectivity index (χ3n) is 4.28. The minimum atomic E-state index is -0.000660. The van der Waals surface area contributed by atoms with E-state index in [1.54, 1.807) is 4.90 Å². The van der Waals surface area contributed by atoms with Gasteiger partial charge < -0.3 is 20.3 Å². The molecule has 6 heteroatoms. The molecule has 2 atom stereocenters. The smallest absolute Gasteiger partial charge is 0.248 e. The quantitative estimate of drug-likeness (QED) is 0.779. The molecular weight excluding hydrogens is 258 g/mol. The molecule has 0 bridgehead atoms. The molecule has 0 spiro atoms. The maximum atomic E-state index is 12.4. The summed E-state index contributed by atoms with van der Waals surface area (Å²) < 4.78 is 4.85. The number of piperazine rings is 1. The van der Waals surface area contributed by atoms with E-state index < -0.39 is 0 Å². The fourth-order valence-corrected chi connectivity index (χ4v) is 3.10. The molecule has 0 radical (unpaired) electrons. The summed E-state index contributed by atoms with van der Waals surface area (Å²) in [5.74, 6) is 0.304. The van der Waals surface area contributed by atoms with Crippen LogP contribution in [0.4, 0.5) is 0 Å². The van der Waals surface area contributed by atoms with Gasteiger partial charge in [-0.15, -0.1) is 0 Å². The number of nitrogens with zero attached hydrogens (tertiary/aromatic N) is 2. The van der Waals surface area contributed by atoms with Crippen molar-refractivity contribution in [1.82, 2.24) is 9.80 Å². The number of methoxy groups -OCH3 is 1. The SMILES string of the molecule is COCC(=O)N1CCN(C(=O)C2CCCC(N)C2)CC1. The summed E-state index contributed by atoms with van der Waals surface area (Å²) in [6, 6.07) is 0.169.